The van der Waals surface area contributed by atoms with Crippen LogP contribution in [0.1, 0.15) is 103 Å². The van der Waals surface area contributed by atoms with Gasteiger partial charge in [-0.2, -0.15) is 8.78 Å². The van der Waals surface area contributed by atoms with Gasteiger partial charge in [-0.3, -0.25) is 0 Å². The van der Waals surface area contributed by atoms with Gasteiger partial charge in [0.1, 0.15) is 0 Å². The molecule has 4 rings (SSSR count). The molecule has 3 saturated carbocycles. The third kappa shape index (κ3) is 7.88. The van der Waals surface area contributed by atoms with E-state index in [1.54, 1.807) is 0 Å². The number of rotatable bonds is 8. The van der Waals surface area contributed by atoms with Crippen LogP contribution in [0.2, 0.25) is 0 Å². The molecule has 0 aromatic rings. The Kier molecular flexibility index (Phi) is 10.5. The van der Waals surface area contributed by atoms with Crippen LogP contribution in [-0.4, -0.2) is 25.4 Å². The van der Waals surface area contributed by atoms with Crippen LogP contribution >= 0.6 is 0 Å². The third-order valence-electron chi connectivity index (χ3n) is 9.47. The highest BCUT2D eigenvalue weighted by atomic mass is 19.3. The highest BCUT2D eigenvalue weighted by molar-refractivity contribution is 4.97. The maximum atomic E-state index is 12.5. The van der Waals surface area contributed by atoms with Crippen molar-refractivity contribution in [2.24, 2.45) is 35.5 Å². The summed E-state index contributed by atoms with van der Waals surface area (Å²) in [6, 6.07) is 0. The molecule has 1 heterocycles. The number of allylic oxidation sites excluding steroid dienone is 2. The van der Waals surface area contributed by atoms with Gasteiger partial charge in [-0.15, -0.1) is 0 Å². The standard InChI is InChI=1S/C30H48F2O2/c1-2-19-33-28-16-7-23(8-17-28)4-3-22-5-10-25(11-6-22)26-12-14-27(15-13-26)29-18-9-24(21-34-29)20-30(31)32/h3-4,20,22-29H,2,5-19,21H2,1H3. The average molecular weight is 479 g/mol. The summed E-state index contributed by atoms with van der Waals surface area (Å²) in [7, 11) is 0. The molecular weight excluding hydrogens is 430 g/mol. The first-order valence-electron chi connectivity index (χ1n) is 14.5. The summed E-state index contributed by atoms with van der Waals surface area (Å²) in [6.07, 6.45) is 24.3. The lowest BCUT2D eigenvalue weighted by atomic mass is 9.68. The van der Waals surface area contributed by atoms with Crippen LogP contribution in [0.3, 0.4) is 0 Å². The van der Waals surface area contributed by atoms with Gasteiger partial charge in [0.15, 0.2) is 0 Å². The first-order valence-corrected chi connectivity index (χ1v) is 14.5. The molecule has 0 radical (unpaired) electrons. The zero-order valence-corrected chi connectivity index (χ0v) is 21.4. The van der Waals surface area contributed by atoms with Crippen LogP contribution in [0.25, 0.3) is 0 Å². The van der Waals surface area contributed by atoms with Crippen molar-refractivity contribution in [1.29, 1.82) is 0 Å². The molecule has 0 aromatic carbocycles. The summed E-state index contributed by atoms with van der Waals surface area (Å²) in [4.78, 5) is 0. The molecule has 2 unspecified atom stereocenters. The molecule has 194 valence electrons. The Bertz CT molecular complexity index is 626. The molecule has 4 fully saturated rings. The van der Waals surface area contributed by atoms with E-state index >= 15 is 0 Å². The van der Waals surface area contributed by atoms with Crippen LogP contribution in [-0.2, 0) is 9.47 Å². The number of ether oxygens (including phenoxy) is 2. The summed E-state index contributed by atoms with van der Waals surface area (Å²) in [6.45, 7) is 3.59. The van der Waals surface area contributed by atoms with Gasteiger partial charge in [0.25, 0.3) is 6.08 Å². The van der Waals surface area contributed by atoms with E-state index in [0.717, 1.165) is 55.6 Å². The summed E-state index contributed by atoms with van der Waals surface area (Å²) >= 11 is 0. The summed E-state index contributed by atoms with van der Waals surface area (Å²) in [5.74, 6) is 3.97. The second-order valence-electron chi connectivity index (χ2n) is 11.8. The summed E-state index contributed by atoms with van der Waals surface area (Å²) < 4.78 is 37.0. The lowest BCUT2D eigenvalue weighted by molar-refractivity contribution is -0.0523. The monoisotopic (exact) mass is 478 g/mol. The van der Waals surface area contributed by atoms with E-state index in [-0.39, 0.29) is 5.92 Å². The SMILES string of the molecule is CCCOC1CCC(C=CC2CCC(C3CCC(C4CCC(C=C(F)F)CO4)CC3)CC2)CC1. The Morgan fingerprint density at radius 3 is 1.76 bits per heavy atom. The van der Waals surface area contributed by atoms with E-state index in [2.05, 4.69) is 19.1 Å². The van der Waals surface area contributed by atoms with E-state index in [0.29, 0.717) is 24.7 Å². The van der Waals surface area contributed by atoms with Crippen molar-refractivity contribution < 1.29 is 18.3 Å². The molecule has 0 amide bonds. The van der Waals surface area contributed by atoms with Gasteiger partial charge in [0.2, 0.25) is 0 Å². The Labute approximate surface area is 206 Å². The Morgan fingerprint density at radius 1 is 0.706 bits per heavy atom. The Hall–Kier alpha value is -0.740. The lowest BCUT2D eigenvalue weighted by Gasteiger charge is -2.41. The van der Waals surface area contributed by atoms with Gasteiger partial charge >= 0.3 is 0 Å². The fourth-order valence-electron chi connectivity index (χ4n) is 7.32. The maximum Gasteiger partial charge on any atom is 0.266 e. The van der Waals surface area contributed by atoms with E-state index in [4.69, 9.17) is 9.47 Å². The highest BCUT2D eigenvalue weighted by Crippen LogP contribution is 2.44. The third-order valence-corrected chi connectivity index (χ3v) is 9.47. The lowest BCUT2D eigenvalue weighted by Crippen LogP contribution is -2.35. The summed E-state index contributed by atoms with van der Waals surface area (Å²) in [5, 5.41) is 0. The molecule has 2 atom stereocenters. The predicted molar refractivity (Wildman–Crippen MR) is 135 cm³/mol. The van der Waals surface area contributed by atoms with Crippen molar-refractivity contribution in [3.8, 4) is 0 Å². The minimum absolute atomic E-state index is 0.0864. The second-order valence-corrected chi connectivity index (χ2v) is 11.8. The van der Waals surface area contributed by atoms with Gasteiger partial charge in [0, 0.05) is 12.5 Å². The number of halogens is 2. The van der Waals surface area contributed by atoms with Gasteiger partial charge < -0.3 is 9.47 Å². The van der Waals surface area contributed by atoms with Gasteiger partial charge in [-0.1, -0.05) is 19.1 Å². The Balaban J connectivity index is 1.10. The smallest absolute Gasteiger partial charge is 0.266 e. The van der Waals surface area contributed by atoms with Crippen molar-refractivity contribution >= 4 is 0 Å². The first-order chi connectivity index (χ1) is 16.6. The van der Waals surface area contributed by atoms with Crippen LogP contribution in [0.5, 0.6) is 0 Å². The van der Waals surface area contributed by atoms with Gasteiger partial charge in [-0.25, -0.2) is 0 Å². The highest BCUT2D eigenvalue weighted by Gasteiger charge is 2.35. The molecule has 0 spiro atoms. The number of hydrogen-bond acceptors (Lipinski definition) is 2. The van der Waals surface area contributed by atoms with Crippen LogP contribution in [0.4, 0.5) is 8.78 Å². The maximum absolute atomic E-state index is 12.5. The zero-order chi connectivity index (χ0) is 23.8. The summed E-state index contributed by atoms with van der Waals surface area (Å²) in [5.41, 5.74) is 0. The van der Waals surface area contributed by atoms with E-state index in [9.17, 15) is 8.78 Å². The molecule has 0 bridgehead atoms. The first kappa shape index (κ1) is 26.3. The fourth-order valence-corrected chi connectivity index (χ4v) is 7.32. The van der Waals surface area contributed by atoms with E-state index in [1.165, 1.54) is 77.0 Å². The normalized spacial score (nSPS) is 39.7. The van der Waals surface area contributed by atoms with E-state index in [1.807, 2.05) is 0 Å². The molecular formula is C30H48F2O2. The average Bonchev–Trinajstić information content (AvgIpc) is 2.87. The molecule has 2 nitrogen and oxygen atoms in total. The molecule has 3 aliphatic carbocycles. The minimum Gasteiger partial charge on any atom is -0.378 e. The van der Waals surface area contributed by atoms with Crippen molar-refractivity contribution in [2.75, 3.05) is 13.2 Å². The largest absolute Gasteiger partial charge is 0.378 e. The number of hydrogen-bond donors (Lipinski definition) is 0. The van der Waals surface area contributed by atoms with Crippen LogP contribution in [0, 0.1) is 35.5 Å². The van der Waals surface area contributed by atoms with Crippen molar-refractivity contribution in [3.63, 3.8) is 0 Å². The quantitative estimate of drug-likeness (QED) is 0.325. The molecule has 4 heteroatoms. The van der Waals surface area contributed by atoms with Crippen LogP contribution in [0.15, 0.2) is 24.3 Å². The second kappa shape index (κ2) is 13.5. The molecule has 0 aromatic heterocycles. The Morgan fingerprint density at radius 2 is 1.24 bits per heavy atom. The molecule has 1 aliphatic heterocycles. The van der Waals surface area contributed by atoms with E-state index < -0.39 is 6.08 Å². The molecule has 1 saturated heterocycles. The predicted octanol–water partition coefficient (Wildman–Crippen LogP) is 8.72. The van der Waals surface area contributed by atoms with Gasteiger partial charge in [-0.05, 0) is 132 Å². The minimum atomic E-state index is -1.56. The van der Waals surface area contributed by atoms with Crippen molar-refractivity contribution in [3.05, 3.63) is 24.3 Å². The zero-order valence-electron chi connectivity index (χ0n) is 21.4. The molecule has 0 N–H and O–H groups in total. The molecule has 4 aliphatic rings. The van der Waals surface area contributed by atoms with Crippen molar-refractivity contribution in [1.82, 2.24) is 0 Å². The van der Waals surface area contributed by atoms with Crippen molar-refractivity contribution in [2.45, 2.75) is 115 Å². The fraction of sp³-hybridized carbons (Fsp3) is 0.867. The molecule has 34 heavy (non-hydrogen) atoms. The van der Waals surface area contributed by atoms with Gasteiger partial charge in [0.05, 0.1) is 18.8 Å². The van der Waals surface area contributed by atoms with Crippen LogP contribution < -0.4 is 0 Å². The topological polar surface area (TPSA) is 18.5 Å².